The maximum absolute atomic E-state index is 13.2. The van der Waals surface area contributed by atoms with Crippen LogP contribution in [0, 0.1) is 0 Å². The number of rotatable bonds is 7. The molecular formula is C30H30ClN5O2. The first-order valence-corrected chi connectivity index (χ1v) is 13.2. The second-order valence-electron chi connectivity index (χ2n) is 9.83. The summed E-state index contributed by atoms with van der Waals surface area (Å²) in [6, 6.07) is 21.9. The molecule has 0 saturated heterocycles. The number of aromatic nitrogens is 2. The van der Waals surface area contributed by atoms with E-state index < -0.39 is 0 Å². The Bertz CT molecular complexity index is 1460. The van der Waals surface area contributed by atoms with Crippen molar-refractivity contribution in [2.24, 2.45) is 0 Å². The lowest BCUT2D eigenvalue weighted by Gasteiger charge is -2.30. The van der Waals surface area contributed by atoms with Crippen LogP contribution < -0.4 is 15.5 Å². The van der Waals surface area contributed by atoms with E-state index in [0.29, 0.717) is 27.7 Å². The summed E-state index contributed by atoms with van der Waals surface area (Å²) in [6.07, 6.45) is 3.41. The Labute approximate surface area is 227 Å². The number of carbonyl (C=O) groups is 2. The zero-order valence-electron chi connectivity index (χ0n) is 21.4. The fraction of sp³-hybridized carbons (Fsp3) is 0.267. The second-order valence-corrected chi connectivity index (χ2v) is 10.3. The summed E-state index contributed by atoms with van der Waals surface area (Å²) in [5.41, 5.74) is 2.16. The topological polar surface area (TPSA) is 87.2 Å². The molecule has 0 atom stereocenters. The summed E-state index contributed by atoms with van der Waals surface area (Å²) in [6.45, 7) is 0. The molecule has 1 aliphatic rings. The molecule has 1 fully saturated rings. The van der Waals surface area contributed by atoms with Crippen LogP contribution in [0.3, 0.4) is 0 Å². The van der Waals surface area contributed by atoms with Crippen molar-refractivity contribution in [1.82, 2.24) is 15.3 Å². The van der Waals surface area contributed by atoms with Crippen LogP contribution in [-0.2, 0) is 0 Å². The smallest absolute Gasteiger partial charge is 0.252 e. The van der Waals surface area contributed by atoms with Crippen molar-refractivity contribution < 1.29 is 9.59 Å². The van der Waals surface area contributed by atoms with Crippen LogP contribution in [0.15, 0.2) is 72.8 Å². The second kappa shape index (κ2) is 11.2. The van der Waals surface area contributed by atoms with E-state index in [2.05, 4.69) is 10.6 Å². The predicted molar refractivity (Wildman–Crippen MR) is 152 cm³/mol. The number of fused-ring (bicyclic) bond motifs is 1. The molecule has 2 N–H and O–H groups in total. The van der Waals surface area contributed by atoms with Gasteiger partial charge < -0.3 is 15.5 Å². The zero-order chi connectivity index (χ0) is 26.6. The molecular weight excluding hydrogens is 498 g/mol. The largest absolute Gasteiger partial charge is 0.362 e. The van der Waals surface area contributed by atoms with Crippen molar-refractivity contribution >= 4 is 46.0 Å². The van der Waals surface area contributed by atoms with Crippen LogP contribution in [0.25, 0.3) is 10.9 Å². The first-order chi connectivity index (χ1) is 18.4. The van der Waals surface area contributed by atoms with Gasteiger partial charge in [0.2, 0.25) is 5.95 Å². The standard InChI is InChI=1S/C30H30ClN5O2/c1-36(2)28-25-9-5-6-10-26(25)34-30(35-28)33-22-17-15-21(16-18-22)32-29(38)24-8-4-3-7-23(24)27(37)19-11-13-20(31)14-12-19/h3-14,21-22H,15-18H2,1-2H3,(H,32,38)(H,33,34,35). The molecule has 8 heteroatoms. The maximum Gasteiger partial charge on any atom is 0.252 e. The molecule has 5 rings (SSSR count). The van der Waals surface area contributed by atoms with Crippen molar-refractivity contribution in [2.45, 2.75) is 37.8 Å². The number of halogens is 1. The van der Waals surface area contributed by atoms with Crippen molar-refractivity contribution in [3.05, 3.63) is 94.5 Å². The first kappa shape index (κ1) is 25.7. The zero-order valence-corrected chi connectivity index (χ0v) is 22.2. The molecule has 38 heavy (non-hydrogen) atoms. The van der Waals surface area contributed by atoms with E-state index in [0.717, 1.165) is 42.4 Å². The number of hydrogen-bond donors (Lipinski definition) is 2. The Morgan fingerprint density at radius 1 is 0.816 bits per heavy atom. The molecule has 0 aliphatic heterocycles. The summed E-state index contributed by atoms with van der Waals surface area (Å²) in [4.78, 5) is 37.8. The van der Waals surface area contributed by atoms with E-state index in [1.165, 1.54) is 0 Å². The number of amides is 1. The van der Waals surface area contributed by atoms with E-state index in [-0.39, 0.29) is 23.8 Å². The van der Waals surface area contributed by atoms with Gasteiger partial charge in [-0.05, 0) is 68.1 Å². The number of para-hydroxylation sites is 1. The van der Waals surface area contributed by atoms with Gasteiger partial charge in [-0.15, -0.1) is 0 Å². The lowest BCUT2D eigenvalue weighted by Crippen LogP contribution is -2.40. The monoisotopic (exact) mass is 527 g/mol. The summed E-state index contributed by atoms with van der Waals surface area (Å²) < 4.78 is 0. The number of nitrogens with zero attached hydrogens (tertiary/aromatic N) is 3. The van der Waals surface area contributed by atoms with Crippen LogP contribution in [0.1, 0.15) is 52.0 Å². The Morgan fingerprint density at radius 2 is 1.45 bits per heavy atom. The van der Waals surface area contributed by atoms with Crippen LogP contribution in [0.4, 0.5) is 11.8 Å². The number of benzene rings is 3. The van der Waals surface area contributed by atoms with E-state index in [1.54, 1.807) is 48.5 Å². The molecule has 1 aliphatic carbocycles. The molecule has 1 aromatic heterocycles. The number of anilines is 2. The van der Waals surface area contributed by atoms with Crippen molar-refractivity contribution in [3.63, 3.8) is 0 Å². The van der Waals surface area contributed by atoms with Gasteiger partial charge in [0, 0.05) is 47.7 Å². The fourth-order valence-corrected chi connectivity index (χ4v) is 5.05. The molecule has 3 aromatic carbocycles. The molecule has 0 spiro atoms. The van der Waals surface area contributed by atoms with Gasteiger partial charge in [0.1, 0.15) is 5.82 Å². The molecule has 0 radical (unpaired) electrons. The molecule has 0 bridgehead atoms. The summed E-state index contributed by atoms with van der Waals surface area (Å²) in [7, 11) is 3.96. The van der Waals surface area contributed by atoms with Gasteiger partial charge in [-0.1, -0.05) is 41.9 Å². The van der Waals surface area contributed by atoms with Gasteiger partial charge >= 0.3 is 0 Å². The van der Waals surface area contributed by atoms with Gasteiger partial charge in [0.25, 0.3) is 5.91 Å². The van der Waals surface area contributed by atoms with Crippen molar-refractivity contribution in [3.8, 4) is 0 Å². The minimum atomic E-state index is -0.229. The minimum Gasteiger partial charge on any atom is -0.362 e. The molecule has 194 valence electrons. The lowest BCUT2D eigenvalue weighted by molar-refractivity contribution is 0.0917. The maximum atomic E-state index is 13.2. The molecule has 1 amide bonds. The highest BCUT2D eigenvalue weighted by Gasteiger charge is 2.25. The van der Waals surface area contributed by atoms with Crippen molar-refractivity contribution in [1.29, 1.82) is 0 Å². The highest BCUT2D eigenvalue weighted by molar-refractivity contribution is 6.30. The van der Waals surface area contributed by atoms with E-state index in [1.807, 2.05) is 43.3 Å². The van der Waals surface area contributed by atoms with E-state index in [9.17, 15) is 9.59 Å². The normalized spacial score (nSPS) is 17.1. The highest BCUT2D eigenvalue weighted by Crippen LogP contribution is 2.27. The summed E-state index contributed by atoms with van der Waals surface area (Å²) >= 11 is 5.96. The lowest BCUT2D eigenvalue weighted by atomic mass is 9.90. The Balaban J connectivity index is 1.22. The number of hydrogen-bond acceptors (Lipinski definition) is 6. The molecule has 1 saturated carbocycles. The van der Waals surface area contributed by atoms with E-state index in [4.69, 9.17) is 21.6 Å². The third-order valence-electron chi connectivity index (χ3n) is 6.93. The fourth-order valence-electron chi connectivity index (χ4n) is 4.93. The van der Waals surface area contributed by atoms with Crippen LogP contribution in [0.2, 0.25) is 5.02 Å². The average molecular weight is 528 g/mol. The Hall–Kier alpha value is -3.97. The number of nitrogens with one attached hydrogen (secondary N) is 2. The Kier molecular flexibility index (Phi) is 7.56. The van der Waals surface area contributed by atoms with Gasteiger partial charge in [0.15, 0.2) is 5.78 Å². The minimum absolute atomic E-state index is 0.0362. The molecule has 4 aromatic rings. The van der Waals surface area contributed by atoms with E-state index >= 15 is 0 Å². The first-order valence-electron chi connectivity index (χ1n) is 12.8. The molecule has 1 heterocycles. The van der Waals surface area contributed by atoms with Gasteiger partial charge in [-0.3, -0.25) is 9.59 Å². The summed E-state index contributed by atoms with van der Waals surface area (Å²) in [5.74, 6) is 1.07. The Morgan fingerprint density at radius 3 is 2.16 bits per heavy atom. The summed E-state index contributed by atoms with van der Waals surface area (Å²) in [5, 5.41) is 8.23. The molecule has 7 nitrogen and oxygen atoms in total. The van der Waals surface area contributed by atoms with Crippen LogP contribution >= 0.6 is 11.6 Å². The highest BCUT2D eigenvalue weighted by atomic mass is 35.5. The SMILES string of the molecule is CN(C)c1nc(NC2CCC(NC(=O)c3ccccc3C(=O)c3ccc(Cl)cc3)CC2)nc2ccccc12. The van der Waals surface area contributed by atoms with Crippen LogP contribution in [-0.4, -0.2) is 47.8 Å². The quantitative estimate of drug-likeness (QED) is 0.298. The number of ketones is 1. The molecule has 0 unspecified atom stereocenters. The third kappa shape index (κ3) is 5.63. The van der Waals surface area contributed by atoms with Gasteiger partial charge in [-0.25, -0.2) is 4.98 Å². The van der Waals surface area contributed by atoms with Gasteiger partial charge in [-0.2, -0.15) is 4.98 Å². The van der Waals surface area contributed by atoms with Gasteiger partial charge in [0.05, 0.1) is 11.1 Å². The predicted octanol–water partition coefficient (Wildman–Crippen LogP) is 5.73. The average Bonchev–Trinajstić information content (AvgIpc) is 2.93. The number of carbonyl (C=O) groups excluding carboxylic acids is 2. The van der Waals surface area contributed by atoms with Crippen molar-refractivity contribution in [2.75, 3.05) is 24.3 Å². The third-order valence-corrected chi connectivity index (χ3v) is 7.18. The van der Waals surface area contributed by atoms with Crippen LogP contribution in [0.5, 0.6) is 0 Å².